The first-order valence-corrected chi connectivity index (χ1v) is 5.63. The Labute approximate surface area is 87.8 Å². The van der Waals surface area contributed by atoms with Gasteiger partial charge in [0.25, 0.3) is 0 Å². The standard InChI is InChI=1S/C12H22N2/c1-4-6-12(5-2)14-8-7-11(13)9-10(14)3/h1,10-12H,5-9,13H2,2-3H3. The number of nitrogens with two attached hydrogens (primary N) is 1. The summed E-state index contributed by atoms with van der Waals surface area (Å²) in [4.78, 5) is 2.53. The minimum Gasteiger partial charge on any atom is -0.328 e. The molecule has 14 heavy (non-hydrogen) atoms. The van der Waals surface area contributed by atoms with Crippen LogP contribution in [-0.2, 0) is 0 Å². The van der Waals surface area contributed by atoms with Crippen molar-refractivity contribution in [1.29, 1.82) is 0 Å². The molecule has 0 bridgehead atoms. The van der Waals surface area contributed by atoms with Crippen molar-refractivity contribution in [2.75, 3.05) is 6.54 Å². The van der Waals surface area contributed by atoms with Crippen molar-refractivity contribution in [2.24, 2.45) is 5.73 Å². The third-order valence-electron chi connectivity index (χ3n) is 3.26. The van der Waals surface area contributed by atoms with Gasteiger partial charge in [-0.15, -0.1) is 12.3 Å². The Hall–Kier alpha value is -0.520. The number of hydrogen-bond donors (Lipinski definition) is 1. The molecule has 2 N–H and O–H groups in total. The van der Waals surface area contributed by atoms with Crippen LogP contribution < -0.4 is 5.73 Å². The lowest BCUT2D eigenvalue weighted by Crippen LogP contribution is -2.49. The zero-order valence-corrected chi connectivity index (χ0v) is 9.37. The third kappa shape index (κ3) is 2.73. The van der Waals surface area contributed by atoms with Crippen LogP contribution in [0.5, 0.6) is 0 Å². The molecule has 2 nitrogen and oxygen atoms in total. The van der Waals surface area contributed by atoms with Crippen LogP contribution in [0.25, 0.3) is 0 Å². The smallest absolute Gasteiger partial charge is 0.0242 e. The number of piperidine rings is 1. The van der Waals surface area contributed by atoms with E-state index >= 15 is 0 Å². The Morgan fingerprint density at radius 3 is 2.86 bits per heavy atom. The van der Waals surface area contributed by atoms with Gasteiger partial charge < -0.3 is 5.73 Å². The van der Waals surface area contributed by atoms with E-state index < -0.39 is 0 Å². The zero-order valence-electron chi connectivity index (χ0n) is 9.37. The third-order valence-corrected chi connectivity index (χ3v) is 3.26. The second kappa shape index (κ2) is 5.38. The highest BCUT2D eigenvalue weighted by Gasteiger charge is 2.27. The van der Waals surface area contributed by atoms with E-state index in [2.05, 4.69) is 24.7 Å². The minimum atomic E-state index is 0.393. The van der Waals surface area contributed by atoms with Gasteiger partial charge in [0.05, 0.1) is 0 Å². The van der Waals surface area contributed by atoms with Crippen LogP contribution in [0.3, 0.4) is 0 Å². The molecule has 0 spiro atoms. The first kappa shape index (κ1) is 11.6. The molecule has 0 aromatic heterocycles. The molecule has 0 aromatic rings. The largest absolute Gasteiger partial charge is 0.328 e. The molecule has 1 heterocycles. The maximum atomic E-state index is 5.94. The zero-order chi connectivity index (χ0) is 10.6. The lowest BCUT2D eigenvalue weighted by Gasteiger charge is -2.40. The van der Waals surface area contributed by atoms with Gasteiger partial charge in [-0.25, -0.2) is 0 Å². The molecule has 1 saturated heterocycles. The molecule has 0 aromatic carbocycles. The van der Waals surface area contributed by atoms with Crippen LogP contribution >= 0.6 is 0 Å². The van der Waals surface area contributed by atoms with Crippen molar-refractivity contribution in [3.8, 4) is 12.3 Å². The molecular weight excluding hydrogens is 172 g/mol. The lowest BCUT2D eigenvalue weighted by molar-refractivity contribution is 0.0953. The molecule has 0 saturated carbocycles. The van der Waals surface area contributed by atoms with Crippen LogP contribution in [0.4, 0.5) is 0 Å². The highest BCUT2D eigenvalue weighted by Crippen LogP contribution is 2.21. The van der Waals surface area contributed by atoms with Gasteiger partial charge in [0, 0.05) is 31.1 Å². The molecule has 3 unspecified atom stereocenters. The number of rotatable bonds is 3. The molecule has 3 atom stereocenters. The van der Waals surface area contributed by atoms with Gasteiger partial charge >= 0.3 is 0 Å². The molecular formula is C12H22N2. The Kier molecular flexibility index (Phi) is 4.44. The van der Waals surface area contributed by atoms with Crippen molar-refractivity contribution in [3.05, 3.63) is 0 Å². The summed E-state index contributed by atoms with van der Waals surface area (Å²) in [6.45, 7) is 5.59. The van der Waals surface area contributed by atoms with Gasteiger partial charge in [0.2, 0.25) is 0 Å². The van der Waals surface area contributed by atoms with Crippen LogP contribution in [0.1, 0.15) is 39.5 Å². The average molecular weight is 194 g/mol. The Morgan fingerprint density at radius 2 is 2.36 bits per heavy atom. The van der Waals surface area contributed by atoms with Gasteiger partial charge in [-0.1, -0.05) is 6.92 Å². The van der Waals surface area contributed by atoms with E-state index in [0.29, 0.717) is 18.1 Å². The first-order chi connectivity index (χ1) is 6.69. The summed E-state index contributed by atoms with van der Waals surface area (Å²) in [5, 5.41) is 0. The van der Waals surface area contributed by atoms with E-state index in [1.165, 1.54) is 0 Å². The van der Waals surface area contributed by atoms with Gasteiger partial charge in [-0.05, 0) is 26.2 Å². The Bertz CT molecular complexity index is 207. The Morgan fingerprint density at radius 1 is 1.64 bits per heavy atom. The van der Waals surface area contributed by atoms with Crippen LogP contribution in [0, 0.1) is 12.3 Å². The maximum Gasteiger partial charge on any atom is 0.0242 e. The number of nitrogens with zero attached hydrogens (tertiary/aromatic N) is 1. The molecule has 0 radical (unpaired) electrons. The van der Waals surface area contributed by atoms with Crippen molar-refractivity contribution >= 4 is 0 Å². The number of hydrogen-bond acceptors (Lipinski definition) is 2. The lowest BCUT2D eigenvalue weighted by atomic mass is 9.95. The minimum absolute atomic E-state index is 0.393. The predicted molar refractivity (Wildman–Crippen MR) is 60.9 cm³/mol. The summed E-state index contributed by atoms with van der Waals surface area (Å²) in [6.07, 6.45) is 9.63. The monoisotopic (exact) mass is 194 g/mol. The fourth-order valence-corrected chi connectivity index (χ4v) is 2.40. The molecule has 2 heteroatoms. The molecule has 1 fully saturated rings. The fraction of sp³-hybridized carbons (Fsp3) is 0.833. The van der Waals surface area contributed by atoms with Crippen molar-refractivity contribution in [3.63, 3.8) is 0 Å². The molecule has 1 aliphatic heterocycles. The summed E-state index contributed by atoms with van der Waals surface area (Å²) in [6, 6.07) is 1.55. The van der Waals surface area contributed by atoms with Crippen molar-refractivity contribution in [2.45, 2.75) is 57.7 Å². The summed E-state index contributed by atoms with van der Waals surface area (Å²) >= 11 is 0. The molecule has 0 amide bonds. The molecule has 1 aliphatic rings. The summed E-state index contributed by atoms with van der Waals surface area (Å²) in [5.41, 5.74) is 5.94. The average Bonchev–Trinajstić information content (AvgIpc) is 2.15. The quantitative estimate of drug-likeness (QED) is 0.691. The number of terminal acetylenes is 1. The van der Waals surface area contributed by atoms with Gasteiger partial charge in [-0.2, -0.15) is 0 Å². The fourth-order valence-electron chi connectivity index (χ4n) is 2.40. The normalized spacial score (nSPS) is 31.0. The highest BCUT2D eigenvalue weighted by molar-refractivity contribution is 4.93. The van der Waals surface area contributed by atoms with E-state index in [0.717, 1.165) is 32.2 Å². The van der Waals surface area contributed by atoms with E-state index in [-0.39, 0.29) is 0 Å². The van der Waals surface area contributed by atoms with Crippen LogP contribution in [0.15, 0.2) is 0 Å². The van der Waals surface area contributed by atoms with Crippen molar-refractivity contribution < 1.29 is 0 Å². The summed E-state index contributed by atoms with van der Waals surface area (Å²) < 4.78 is 0. The maximum absolute atomic E-state index is 5.94. The van der Waals surface area contributed by atoms with Gasteiger partial charge in [0.15, 0.2) is 0 Å². The highest BCUT2D eigenvalue weighted by atomic mass is 15.2. The molecule has 0 aliphatic carbocycles. The van der Waals surface area contributed by atoms with Crippen LogP contribution in [0.2, 0.25) is 0 Å². The van der Waals surface area contributed by atoms with Gasteiger partial charge in [0.1, 0.15) is 0 Å². The predicted octanol–water partition coefficient (Wildman–Crippen LogP) is 1.60. The SMILES string of the molecule is C#CCC(CC)N1CCC(N)CC1C. The van der Waals surface area contributed by atoms with E-state index in [1.807, 2.05) is 0 Å². The van der Waals surface area contributed by atoms with Crippen LogP contribution in [-0.4, -0.2) is 29.6 Å². The second-order valence-corrected chi connectivity index (χ2v) is 4.34. The summed E-state index contributed by atoms with van der Waals surface area (Å²) in [7, 11) is 0. The Balaban J connectivity index is 2.53. The first-order valence-electron chi connectivity index (χ1n) is 5.63. The number of likely N-dealkylation sites (tertiary alicyclic amines) is 1. The summed E-state index contributed by atoms with van der Waals surface area (Å²) in [5.74, 6) is 2.77. The molecule has 80 valence electrons. The van der Waals surface area contributed by atoms with Crippen molar-refractivity contribution in [1.82, 2.24) is 4.90 Å². The van der Waals surface area contributed by atoms with E-state index in [1.54, 1.807) is 0 Å². The molecule has 1 rings (SSSR count). The van der Waals surface area contributed by atoms with Gasteiger partial charge in [-0.3, -0.25) is 4.90 Å². The van der Waals surface area contributed by atoms with E-state index in [9.17, 15) is 0 Å². The van der Waals surface area contributed by atoms with E-state index in [4.69, 9.17) is 12.2 Å². The second-order valence-electron chi connectivity index (χ2n) is 4.34. The topological polar surface area (TPSA) is 29.3 Å².